The fraction of sp³-hybridized carbons (Fsp3) is 1.00. The van der Waals surface area contributed by atoms with E-state index in [0.29, 0.717) is 24.7 Å². The maximum atomic E-state index is 12.6. The van der Waals surface area contributed by atoms with Gasteiger partial charge in [0.1, 0.15) is 14.3 Å². The van der Waals surface area contributed by atoms with Crippen LogP contribution in [0.3, 0.4) is 0 Å². The summed E-state index contributed by atoms with van der Waals surface area (Å²) in [6, 6.07) is 0.754. The molecule has 0 spiro atoms. The van der Waals surface area contributed by atoms with Gasteiger partial charge in [0.05, 0.1) is 0 Å². The van der Waals surface area contributed by atoms with Gasteiger partial charge in [-0.15, -0.1) is 0 Å². The third kappa shape index (κ3) is 6.11. The second-order valence-corrected chi connectivity index (χ2v) is 14.0. The first-order valence-electron chi connectivity index (χ1n) is 9.03. The zero-order valence-electron chi connectivity index (χ0n) is 14.9. The van der Waals surface area contributed by atoms with E-state index in [2.05, 4.69) is 10.6 Å². The van der Waals surface area contributed by atoms with Gasteiger partial charge in [-0.25, -0.2) is 0 Å². The van der Waals surface area contributed by atoms with Crippen molar-refractivity contribution in [2.45, 2.75) is 65.5 Å². The molecular weight excluding hydrogens is 314 g/mol. The Labute approximate surface area is 137 Å². The molecule has 0 heterocycles. The summed E-state index contributed by atoms with van der Waals surface area (Å²) in [6.45, 7) is 8.12. The summed E-state index contributed by atoms with van der Waals surface area (Å²) in [5.41, 5.74) is 0. The first-order chi connectivity index (χ1) is 10.4. The first kappa shape index (κ1) is 20.4. The fourth-order valence-electron chi connectivity index (χ4n) is 3.08. The Bertz CT molecular complexity index is 361. The van der Waals surface area contributed by atoms with Crippen LogP contribution in [0.2, 0.25) is 0 Å². The van der Waals surface area contributed by atoms with E-state index in [1.807, 2.05) is 27.7 Å². The van der Waals surface area contributed by atoms with E-state index in [1.54, 1.807) is 0 Å². The predicted octanol–water partition coefficient (Wildman–Crippen LogP) is 4.20. The molecule has 1 aliphatic carbocycles. The molecule has 0 amide bonds. The maximum absolute atomic E-state index is 12.6. The molecule has 6 heteroatoms. The van der Waals surface area contributed by atoms with Crippen molar-refractivity contribution >= 4 is 14.3 Å². The summed E-state index contributed by atoms with van der Waals surface area (Å²) in [4.78, 5) is 0. The smallest absolute Gasteiger partial charge is 0.100 e. The molecule has 2 N–H and O–H groups in total. The van der Waals surface area contributed by atoms with E-state index in [-0.39, 0.29) is 0 Å². The molecule has 1 aliphatic rings. The van der Waals surface area contributed by atoms with Crippen LogP contribution in [0.1, 0.15) is 53.4 Å². The average molecular weight is 350 g/mol. The topological polar surface area (TPSA) is 58.2 Å². The second kappa shape index (κ2) is 9.62. The van der Waals surface area contributed by atoms with E-state index >= 15 is 0 Å². The van der Waals surface area contributed by atoms with E-state index in [4.69, 9.17) is 0 Å². The molecular formula is C16H36N2O2P2. The van der Waals surface area contributed by atoms with Crippen LogP contribution in [-0.2, 0) is 9.13 Å². The molecule has 1 rings (SSSR count). The van der Waals surface area contributed by atoms with Gasteiger partial charge in [-0.3, -0.25) is 0 Å². The molecule has 0 aromatic carbocycles. The maximum Gasteiger partial charge on any atom is 0.100 e. The highest BCUT2D eigenvalue weighted by Crippen LogP contribution is 2.44. The molecule has 0 bridgehead atoms. The van der Waals surface area contributed by atoms with Crippen molar-refractivity contribution < 1.29 is 9.13 Å². The van der Waals surface area contributed by atoms with Crippen LogP contribution in [0.15, 0.2) is 0 Å². The zero-order valence-corrected chi connectivity index (χ0v) is 16.7. The average Bonchev–Trinajstić information content (AvgIpc) is 2.58. The molecule has 22 heavy (non-hydrogen) atoms. The minimum atomic E-state index is -2.03. The van der Waals surface area contributed by atoms with Crippen molar-refractivity contribution in [1.82, 2.24) is 10.6 Å². The number of rotatable bonds is 10. The number of hydrogen-bond donors (Lipinski definition) is 2. The van der Waals surface area contributed by atoms with E-state index in [9.17, 15) is 9.13 Å². The zero-order chi connectivity index (χ0) is 16.6. The van der Waals surface area contributed by atoms with Crippen molar-refractivity contribution in [2.24, 2.45) is 0 Å². The summed E-state index contributed by atoms with van der Waals surface area (Å²) in [5.74, 6) is 0. The Morgan fingerprint density at radius 1 is 0.727 bits per heavy atom. The standard InChI is InChI=1S/C16H36N2O2P2/c1-5-21(19,6-2)13-17-15-11-9-10-12-16(15)18-14-22(20,7-3)8-4/h15-18H,5-14H2,1-4H3/t15-,16?/m0/s1. The lowest BCUT2D eigenvalue weighted by atomic mass is 9.91. The van der Waals surface area contributed by atoms with Crippen LogP contribution in [0.25, 0.3) is 0 Å². The van der Waals surface area contributed by atoms with Gasteiger partial charge in [0.25, 0.3) is 0 Å². The van der Waals surface area contributed by atoms with Crippen molar-refractivity contribution in [1.29, 1.82) is 0 Å². The van der Waals surface area contributed by atoms with Gasteiger partial charge in [-0.05, 0) is 37.5 Å². The van der Waals surface area contributed by atoms with Gasteiger partial charge in [0.2, 0.25) is 0 Å². The lowest BCUT2D eigenvalue weighted by molar-refractivity contribution is 0.301. The molecule has 0 aromatic heterocycles. The minimum absolute atomic E-state index is 0.377. The Morgan fingerprint density at radius 2 is 1.05 bits per heavy atom. The molecule has 0 radical (unpaired) electrons. The van der Waals surface area contributed by atoms with Crippen molar-refractivity contribution in [3.8, 4) is 0 Å². The third-order valence-corrected chi connectivity index (χ3v) is 11.5. The van der Waals surface area contributed by atoms with Gasteiger partial charge >= 0.3 is 0 Å². The largest absolute Gasteiger partial charge is 0.322 e. The van der Waals surface area contributed by atoms with Crippen LogP contribution in [0.5, 0.6) is 0 Å². The molecule has 0 aliphatic heterocycles. The number of nitrogens with one attached hydrogen (secondary N) is 2. The van der Waals surface area contributed by atoms with Crippen molar-refractivity contribution in [3.63, 3.8) is 0 Å². The molecule has 132 valence electrons. The van der Waals surface area contributed by atoms with Gasteiger partial charge < -0.3 is 19.8 Å². The molecule has 2 atom stereocenters. The Balaban J connectivity index is 2.56. The lowest BCUT2D eigenvalue weighted by Crippen LogP contribution is -2.50. The molecule has 1 saturated carbocycles. The second-order valence-electron chi connectivity index (χ2n) is 6.60. The van der Waals surface area contributed by atoms with Crippen LogP contribution in [0.4, 0.5) is 0 Å². The van der Waals surface area contributed by atoms with Crippen molar-refractivity contribution in [3.05, 3.63) is 0 Å². The minimum Gasteiger partial charge on any atom is -0.322 e. The molecule has 0 saturated heterocycles. The van der Waals surface area contributed by atoms with Gasteiger partial charge in [0.15, 0.2) is 0 Å². The summed E-state index contributed by atoms with van der Waals surface area (Å²) < 4.78 is 25.2. The quantitative estimate of drug-likeness (QED) is 0.580. The normalized spacial score (nSPS) is 23.6. The molecule has 1 fully saturated rings. The third-order valence-electron chi connectivity index (χ3n) is 5.35. The van der Waals surface area contributed by atoms with Crippen LogP contribution >= 0.6 is 14.3 Å². The summed E-state index contributed by atoms with van der Waals surface area (Å²) >= 11 is 0. The Morgan fingerprint density at radius 3 is 1.32 bits per heavy atom. The van der Waals surface area contributed by atoms with Gasteiger partial charge in [-0.1, -0.05) is 40.5 Å². The van der Waals surface area contributed by atoms with Crippen LogP contribution in [-0.4, -0.2) is 49.3 Å². The fourth-order valence-corrected chi connectivity index (χ4v) is 6.00. The van der Waals surface area contributed by atoms with Gasteiger partial charge in [0, 0.05) is 24.7 Å². The van der Waals surface area contributed by atoms with E-state index in [0.717, 1.165) is 37.5 Å². The van der Waals surface area contributed by atoms with Crippen LogP contribution in [0, 0.1) is 0 Å². The van der Waals surface area contributed by atoms with Gasteiger partial charge in [-0.2, -0.15) is 0 Å². The highest BCUT2D eigenvalue weighted by Gasteiger charge is 2.28. The van der Waals surface area contributed by atoms with E-state index in [1.165, 1.54) is 12.8 Å². The predicted molar refractivity (Wildman–Crippen MR) is 99.4 cm³/mol. The Kier molecular flexibility index (Phi) is 8.93. The van der Waals surface area contributed by atoms with Crippen LogP contribution < -0.4 is 10.6 Å². The SMILES string of the molecule is CCP(=O)(CC)CNC1CCCC[C@@H]1NCP(=O)(CC)CC. The molecule has 1 unspecified atom stereocenters. The number of hydrogen-bond acceptors (Lipinski definition) is 4. The Hall–Kier alpha value is 0.380. The van der Waals surface area contributed by atoms with E-state index < -0.39 is 14.3 Å². The summed E-state index contributed by atoms with van der Waals surface area (Å²) in [6.07, 6.45) is 9.16. The first-order valence-corrected chi connectivity index (χ1v) is 13.6. The summed E-state index contributed by atoms with van der Waals surface area (Å²) in [5, 5.41) is 7.14. The monoisotopic (exact) mass is 350 g/mol. The highest BCUT2D eigenvalue weighted by molar-refractivity contribution is 7.64. The lowest BCUT2D eigenvalue weighted by Gasteiger charge is -2.35. The molecule has 0 aromatic rings. The van der Waals surface area contributed by atoms with Crippen molar-refractivity contribution in [2.75, 3.05) is 37.2 Å². The highest BCUT2D eigenvalue weighted by atomic mass is 31.2. The molecule has 4 nitrogen and oxygen atoms in total. The summed E-state index contributed by atoms with van der Waals surface area (Å²) in [7, 11) is -4.06.